The molecule has 2 aromatic rings. The van der Waals surface area contributed by atoms with Gasteiger partial charge in [0.2, 0.25) is 0 Å². The van der Waals surface area contributed by atoms with E-state index < -0.39 is 0 Å². The number of nitrogens with zero attached hydrogens (tertiary/aromatic N) is 1. The molecule has 0 saturated heterocycles. The number of amides is 3. The Labute approximate surface area is 163 Å². The van der Waals surface area contributed by atoms with Crippen LogP contribution in [0.3, 0.4) is 0 Å². The Morgan fingerprint density at radius 2 is 1.93 bits per heavy atom. The normalized spacial score (nSPS) is 17.8. The van der Waals surface area contributed by atoms with Gasteiger partial charge in [0.25, 0.3) is 17.7 Å². The summed E-state index contributed by atoms with van der Waals surface area (Å²) in [6.07, 6.45) is 2.34. The number of hydrogen-bond acceptors (Lipinski definition) is 4. The van der Waals surface area contributed by atoms with Crippen LogP contribution in [-0.4, -0.2) is 35.8 Å². The zero-order chi connectivity index (χ0) is 19.7. The molecule has 0 radical (unpaired) electrons. The van der Waals surface area contributed by atoms with Crippen LogP contribution in [0.25, 0.3) is 0 Å². The summed E-state index contributed by atoms with van der Waals surface area (Å²) in [6, 6.07) is 12.2. The summed E-state index contributed by atoms with van der Waals surface area (Å²) in [7, 11) is 0. The van der Waals surface area contributed by atoms with Crippen molar-refractivity contribution in [2.45, 2.75) is 32.2 Å². The molecule has 2 aliphatic rings. The number of fused-ring (bicyclic) bond motifs is 2. The maximum atomic E-state index is 12.8. The van der Waals surface area contributed by atoms with E-state index in [0.717, 1.165) is 24.2 Å². The maximum Gasteiger partial charge on any atom is 0.261 e. The van der Waals surface area contributed by atoms with Gasteiger partial charge in [0.05, 0.1) is 23.8 Å². The molecule has 6 heteroatoms. The lowest BCUT2D eigenvalue weighted by Gasteiger charge is -2.26. The molecule has 0 saturated carbocycles. The number of rotatable bonds is 5. The maximum absolute atomic E-state index is 12.8. The molecule has 0 aliphatic carbocycles. The van der Waals surface area contributed by atoms with Crippen molar-refractivity contribution < 1.29 is 19.1 Å². The molecule has 3 amide bonds. The number of hydrogen-bond donors (Lipinski definition) is 1. The first-order valence-corrected chi connectivity index (χ1v) is 9.63. The predicted molar refractivity (Wildman–Crippen MR) is 103 cm³/mol. The van der Waals surface area contributed by atoms with E-state index in [2.05, 4.69) is 5.32 Å². The number of carbonyl (C=O) groups is 3. The molecule has 2 heterocycles. The number of carbonyl (C=O) groups excluding carboxylic acids is 3. The van der Waals surface area contributed by atoms with Gasteiger partial charge in [-0.1, -0.05) is 31.5 Å². The predicted octanol–water partition coefficient (Wildman–Crippen LogP) is 3.34. The average Bonchev–Trinajstić information content (AvgIpc) is 2.96. The van der Waals surface area contributed by atoms with Gasteiger partial charge in [-0.3, -0.25) is 19.3 Å². The van der Waals surface area contributed by atoms with Gasteiger partial charge in [-0.2, -0.15) is 0 Å². The van der Waals surface area contributed by atoms with E-state index in [9.17, 15) is 14.4 Å². The quantitative estimate of drug-likeness (QED) is 0.810. The second kappa shape index (κ2) is 7.46. The minimum atomic E-state index is -0.320. The lowest BCUT2D eigenvalue weighted by Crippen LogP contribution is -2.32. The van der Waals surface area contributed by atoms with Crippen LogP contribution in [0.15, 0.2) is 42.5 Å². The van der Waals surface area contributed by atoms with E-state index in [1.54, 1.807) is 12.1 Å². The van der Waals surface area contributed by atoms with Gasteiger partial charge < -0.3 is 10.1 Å². The molecular formula is C22H22N2O4. The van der Waals surface area contributed by atoms with Crippen molar-refractivity contribution >= 4 is 17.7 Å². The third-order valence-corrected chi connectivity index (χ3v) is 5.23. The van der Waals surface area contributed by atoms with Crippen LogP contribution in [-0.2, 0) is 0 Å². The van der Waals surface area contributed by atoms with Crippen molar-refractivity contribution in [2.75, 3.05) is 13.2 Å². The smallest absolute Gasteiger partial charge is 0.261 e. The number of benzene rings is 2. The average molecular weight is 378 g/mol. The summed E-state index contributed by atoms with van der Waals surface area (Å²) in [5, 5.41) is 3.03. The molecule has 0 unspecified atom stereocenters. The highest BCUT2D eigenvalue weighted by molar-refractivity contribution is 6.22. The van der Waals surface area contributed by atoms with Gasteiger partial charge in [-0.15, -0.1) is 0 Å². The van der Waals surface area contributed by atoms with Gasteiger partial charge in [0, 0.05) is 24.1 Å². The highest BCUT2D eigenvalue weighted by atomic mass is 16.5. The molecular weight excluding hydrogens is 356 g/mol. The van der Waals surface area contributed by atoms with Crippen LogP contribution in [0, 0.1) is 0 Å². The number of nitrogens with one attached hydrogen (secondary N) is 1. The van der Waals surface area contributed by atoms with Gasteiger partial charge in [0.1, 0.15) is 5.75 Å². The Morgan fingerprint density at radius 1 is 1.14 bits per heavy atom. The monoisotopic (exact) mass is 378 g/mol. The summed E-state index contributed by atoms with van der Waals surface area (Å²) in [5.74, 6) is -0.0876. The molecule has 4 rings (SSSR count). The number of unbranched alkanes of at least 4 members (excludes halogenated alkanes) is 1. The second-order valence-corrected chi connectivity index (χ2v) is 7.08. The number of imide groups is 1. The zero-order valence-corrected chi connectivity index (χ0v) is 15.7. The van der Waals surface area contributed by atoms with Crippen LogP contribution in [0.2, 0.25) is 0 Å². The third kappa shape index (κ3) is 3.15. The molecule has 0 fully saturated rings. The van der Waals surface area contributed by atoms with Crippen molar-refractivity contribution in [3.8, 4) is 5.75 Å². The minimum absolute atomic E-state index is 0.149. The number of para-hydroxylation sites is 1. The highest BCUT2D eigenvalue weighted by Gasteiger charge is 2.35. The van der Waals surface area contributed by atoms with E-state index in [0.29, 0.717) is 36.3 Å². The van der Waals surface area contributed by atoms with Crippen LogP contribution >= 0.6 is 0 Å². The highest BCUT2D eigenvalue weighted by Crippen LogP contribution is 2.32. The van der Waals surface area contributed by atoms with Gasteiger partial charge in [-0.05, 0) is 30.7 Å². The fourth-order valence-electron chi connectivity index (χ4n) is 3.68. The van der Waals surface area contributed by atoms with Gasteiger partial charge in [0.15, 0.2) is 0 Å². The van der Waals surface area contributed by atoms with Crippen molar-refractivity contribution in [2.24, 2.45) is 0 Å². The summed E-state index contributed by atoms with van der Waals surface area (Å²) in [5.41, 5.74) is 2.00. The van der Waals surface area contributed by atoms with E-state index in [1.165, 1.54) is 11.0 Å². The Hall–Kier alpha value is -3.15. The lowest BCUT2D eigenvalue weighted by atomic mass is 9.99. The Bertz CT molecular complexity index is 953. The topological polar surface area (TPSA) is 75.7 Å². The summed E-state index contributed by atoms with van der Waals surface area (Å²) in [4.78, 5) is 39.1. The van der Waals surface area contributed by atoms with E-state index >= 15 is 0 Å². The molecule has 144 valence electrons. The van der Waals surface area contributed by atoms with Gasteiger partial charge >= 0.3 is 0 Å². The summed E-state index contributed by atoms with van der Waals surface area (Å²) >= 11 is 0. The zero-order valence-electron chi connectivity index (χ0n) is 15.7. The van der Waals surface area contributed by atoms with Crippen molar-refractivity contribution in [3.05, 3.63) is 64.7 Å². The molecule has 2 aromatic carbocycles. The molecule has 0 bridgehead atoms. The SMILES string of the molecule is CCCCN1C(=O)c2ccc(C(=O)N[C@H]3CCOc4ccccc43)cc2C1=O. The first kappa shape index (κ1) is 18.2. The standard InChI is InChI=1S/C22H22N2O4/c1-2-3-11-24-21(26)15-9-8-14(13-17(15)22(24)27)20(25)23-18-10-12-28-19-7-5-4-6-16(18)19/h4-9,13,18H,2-3,10-12H2,1H3,(H,23,25)/t18-/m0/s1. The fourth-order valence-corrected chi connectivity index (χ4v) is 3.68. The van der Waals surface area contributed by atoms with Crippen LogP contribution in [0.5, 0.6) is 5.75 Å². The van der Waals surface area contributed by atoms with Crippen LogP contribution < -0.4 is 10.1 Å². The van der Waals surface area contributed by atoms with Crippen molar-refractivity contribution in [1.82, 2.24) is 10.2 Å². The molecule has 2 aliphatic heterocycles. The van der Waals surface area contributed by atoms with Gasteiger partial charge in [-0.25, -0.2) is 0 Å². The second-order valence-electron chi connectivity index (χ2n) is 7.08. The van der Waals surface area contributed by atoms with Crippen LogP contribution in [0.4, 0.5) is 0 Å². The molecule has 28 heavy (non-hydrogen) atoms. The largest absolute Gasteiger partial charge is 0.493 e. The van der Waals surface area contributed by atoms with Crippen molar-refractivity contribution in [3.63, 3.8) is 0 Å². The molecule has 1 N–H and O–H groups in total. The van der Waals surface area contributed by atoms with E-state index in [1.807, 2.05) is 31.2 Å². The van der Waals surface area contributed by atoms with Crippen LogP contribution in [0.1, 0.15) is 68.9 Å². The lowest BCUT2D eigenvalue weighted by molar-refractivity contribution is 0.0652. The summed E-state index contributed by atoms with van der Waals surface area (Å²) in [6.45, 7) is 2.95. The van der Waals surface area contributed by atoms with Crippen molar-refractivity contribution in [1.29, 1.82) is 0 Å². The van der Waals surface area contributed by atoms with E-state index in [4.69, 9.17) is 4.74 Å². The first-order valence-electron chi connectivity index (χ1n) is 9.63. The third-order valence-electron chi connectivity index (χ3n) is 5.23. The van der Waals surface area contributed by atoms with E-state index in [-0.39, 0.29) is 23.8 Å². The Kier molecular flexibility index (Phi) is 4.86. The first-order chi connectivity index (χ1) is 13.6. The summed E-state index contributed by atoms with van der Waals surface area (Å²) < 4.78 is 5.63. The molecule has 6 nitrogen and oxygen atoms in total. The molecule has 0 spiro atoms. The molecule has 0 aromatic heterocycles. The Balaban J connectivity index is 1.54. The number of ether oxygens (including phenoxy) is 1. The Morgan fingerprint density at radius 3 is 2.75 bits per heavy atom. The fraction of sp³-hybridized carbons (Fsp3) is 0.318. The minimum Gasteiger partial charge on any atom is -0.493 e. The molecule has 1 atom stereocenters.